The van der Waals surface area contributed by atoms with Crippen LogP contribution in [0.3, 0.4) is 0 Å². The lowest BCUT2D eigenvalue weighted by atomic mass is 9.95. The minimum absolute atomic E-state index is 0.00171. The Kier molecular flexibility index (Phi) is 5.25. The molecule has 28 heavy (non-hydrogen) atoms. The minimum atomic E-state index is -3.26. The highest BCUT2D eigenvalue weighted by Crippen LogP contribution is 2.51. The van der Waals surface area contributed by atoms with Crippen LogP contribution in [-0.2, 0) is 14.8 Å². The quantitative estimate of drug-likeness (QED) is 0.842. The fraction of sp³-hybridized carbons (Fsp3) is 0.409. The highest BCUT2D eigenvalue weighted by Gasteiger charge is 2.47. The van der Waals surface area contributed by atoms with Gasteiger partial charge in [-0.15, -0.1) is 0 Å². The molecule has 2 aliphatic rings. The van der Waals surface area contributed by atoms with E-state index in [-0.39, 0.29) is 23.8 Å². The Labute approximate surface area is 166 Å². The molecular formula is C22H26N2O3S. The van der Waals surface area contributed by atoms with Crippen LogP contribution >= 0.6 is 0 Å². The number of amides is 1. The molecule has 0 aromatic heterocycles. The van der Waals surface area contributed by atoms with Gasteiger partial charge in [-0.05, 0) is 41.9 Å². The van der Waals surface area contributed by atoms with Crippen LogP contribution in [-0.4, -0.2) is 44.6 Å². The van der Waals surface area contributed by atoms with Crippen LogP contribution in [0.25, 0.3) is 11.1 Å². The fourth-order valence-corrected chi connectivity index (χ4v) is 5.12. The van der Waals surface area contributed by atoms with Gasteiger partial charge >= 0.3 is 0 Å². The second kappa shape index (κ2) is 7.68. The number of nitrogens with zero attached hydrogens (tertiary/aromatic N) is 1. The molecule has 1 N–H and O–H groups in total. The summed E-state index contributed by atoms with van der Waals surface area (Å²) in [5.41, 5.74) is 3.60. The Bertz CT molecular complexity index is 959. The van der Waals surface area contributed by atoms with Crippen molar-refractivity contribution in [1.82, 2.24) is 9.62 Å². The average molecular weight is 399 g/mol. The zero-order valence-corrected chi connectivity index (χ0v) is 16.9. The lowest BCUT2D eigenvalue weighted by Crippen LogP contribution is -2.49. The summed E-state index contributed by atoms with van der Waals surface area (Å²) in [4.78, 5) is 14.9. The monoisotopic (exact) mass is 398 g/mol. The van der Waals surface area contributed by atoms with Gasteiger partial charge in [-0.1, -0.05) is 54.6 Å². The number of carbonyl (C=O) groups excluding carboxylic acids is 1. The third kappa shape index (κ3) is 4.28. The number of sulfonamides is 1. The number of rotatable bonds is 5. The Balaban J connectivity index is 1.47. The van der Waals surface area contributed by atoms with Gasteiger partial charge < -0.3 is 4.90 Å². The maximum absolute atomic E-state index is 13.1. The first-order valence-corrected chi connectivity index (χ1v) is 11.7. The molecule has 0 radical (unpaired) electrons. The molecule has 2 fully saturated rings. The van der Waals surface area contributed by atoms with Crippen LogP contribution in [0.1, 0.15) is 30.7 Å². The highest BCUT2D eigenvalue weighted by molar-refractivity contribution is 7.88. The van der Waals surface area contributed by atoms with E-state index in [1.807, 2.05) is 35.2 Å². The van der Waals surface area contributed by atoms with Crippen LogP contribution in [0, 0.1) is 5.92 Å². The molecule has 148 valence electrons. The smallest absolute Gasteiger partial charge is 0.226 e. The van der Waals surface area contributed by atoms with E-state index < -0.39 is 10.0 Å². The van der Waals surface area contributed by atoms with Gasteiger partial charge in [-0.3, -0.25) is 4.79 Å². The Morgan fingerprint density at radius 3 is 2.54 bits per heavy atom. The first-order valence-electron chi connectivity index (χ1n) is 9.83. The van der Waals surface area contributed by atoms with Crippen molar-refractivity contribution in [3.63, 3.8) is 0 Å². The number of carbonyl (C=O) groups is 1. The van der Waals surface area contributed by atoms with Gasteiger partial charge in [0.2, 0.25) is 15.9 Å². The van der Waals surface area contributed by atoms with Crippen LogP contribution in [0.5, 0.6) is 0 Å². The third-order valence-electron chi connectivity index (χ3n) is 5.67. The Morgan fingerprint density at radius 2 is 1.79 bits per heavy atom. The van der Waals surface area contributed by atoms with Crippen molar-refractivity contribution in [3.8, 4) is 11.1 Å². The summed E-state index contributed by atoms with van der Waals surface area (Å²) < 4.78 is 25.7. The molecule has 1 heterocycles. The molecule has 1 saturated heterocycles. The summed E-state index contributed by atoms with van der Waals surface area (Å²) in [6, 6.07) is 18.4. The van der Waals surface area contributed by atoms with E-state index in [9.17, 15) is 13.2 Å². The van der Waals surface area contributed by atoms with Gasteiger partial charge in [0.1, 0.15) is 0 Å². The van der Waals surface area contributed by atoms with Crippen molar-refractivity contribution in [1.29, 1.82) is 0 Å². The summed E-state index contributed by atoms with van der Waals surface area (Å²) in [6.45, 7) is 1.18. The van der Waals surface area contributed by atoms with E-state index in [0.29, 0.717) is 13.1 Å². The lowest BCUT2D eigenvalue weighted by Gasteiger charge is -2.33. The molecule has 0 spiro atoms. The third-order valence-corrected chi connectivity index (χ3v) is 6.43. The minimum Gasteiger partial charge on any atom is -0.341 e. The predicted molar refractivity (Wildman–Crippen MR) is 110 cm³/mol. The number of nitrogens with one attached hydrogen (secondary N) is 1. The molecule has 1 saturated carbocycles. The molecular weight excluding hydrogens is 372 g/mol. The topological polar surface area (TPSA) is 66.5 Å². The molecule has 4 rings (SSSR count). The van der Waals surface area contributed by atoms with Crippen LogP contribution in [0.15, 0.2) is 54.6 Å². The molecule has 5 nitrogen and oxygen atoms in total. The lowest BCUT2D eigenvalue weighted by molar-refractivity contribution is -0.133. The van der Waals surface area contributed by atoms with Gasteiger partial charge in [-0.25, -0.2) is 13.1 Å². The molecule has 2 aromatic carbocycles. The summed E-state index contributed by atoms with van der Waals surface area (Å²) in [6.07, 6.45) is 3.65. The van der Waals surface area contributed by atoms with Gasteiger partial charge in [0.25, 0.3) is 0 Å². The van der Waals surface area contributed by atoms with E-state index in [1.54, 1.807) is 0 Å². The van der Waals surface area contributed by atoms with Crippen molar-refractivity contribution in [2.24, 2.45) is 5.92 Å². The molecule has 6 heteroatoms. The number of piperidine rings is 1. The molecule has 1 amide bonds. The first-order chi connectivity index (χ1) is 13.4. The molecule has 2 aromatic rings. The van der Waals surface area contributed by atoms with Gasteiger partial charge in [0, 0.05) is 25.0 Å². The van der Waals surface area contributed by atoms with Gasteiger partial charge in [0.15, 0.2) is 0 Å². The SMILES string of the molecule is CS(=O)(=O)N[C@@H]1CCCN(C(=O)[C@@H]2C[C@H]2c2ccccc2-c2ccccc2)C1. The van der Waals surface area contributed by atoms with Crippen LogP contribution < -0.4 is 4.72 Å². The zero-order valence-electron chi connectivity index (χ0n) is 16.0. The maximum atomic E-state index is 13.1. The average Bonchev–Trinajstić information content (AvgIpc) is 3.48. The molecule has 0 unspecified atom stereocenters. The fourth-order valence-electron chi connectivity index (χ4n) is 4.32. The van der Waals surface area contributed by atoms with Crippen molar-refractivity contribution in [2.45, 2.75) is 31.2 Å². The van der Waals surface area contributed by atoms with Gasteiger partial charge in [0.05, 0.1) is 6.26 Å². The Morgan fingerprint density at radius 1 is 1.07 bits per heavy atom. The zero-order chi connectivity index (χ0) is 19.7. The maximum Gasteiger partial charge on any atom is 0.226 e. The Hall–Kier alpha value is -2.18. The van der Waals surface area contributed by atoms with Crippen LogP contribution in [0.2, 0.25) is 0 Å². The molecule has 1 aliphatic heterocycles. The number of likely N-dealkylation sites (tertiary alicyclic amines) is 1. The molecule has 0 bridgehead atoms. The molecule has 3 atom stereocenters. The predicted octanol–water partition coefficient (Wildman–Crippen LogP) is 3.00. The van der Waals surface area contributed by atoms with E-state index in [0.717, 1.165) is 19.3 Å². The normalized spacial score (nSPS) is 24.8. The highest BCUT2D eigenvalue weighted by atomic mass is 32.2. The van der Waals surface area contributed by atoms with Crippen molar-refractivity contribution in [3.05, 3.63) is 60.2 Å². The van der Waals surface area contributed by atoms with Gasteiger partial charge in [-0.2, -0.15) is 0 Å². The summed E-state index contributed by atoms with van der Waals surface area (Å²) >= 11 is 0. The van der Waals surface area contributed by atoms with Crippen LogP contribution in [0.4, 0.5) is 0 Å². The number of hydrogen-bond acceptors (Lipinski definition) is 3. The van der Waals surface area contributed by atoms with E-state index in [4.69, 9.17) is 0 Å². The largest absolute Gasteiger partial charge is 0.341 e. The summed E-state index contributed by atoms with van der Waals surface area (Å²) in [5.74, 6) is 0.405. The summed E-state index contributed by atoms with van der Waals surface area (Å²) in [7, 11) is -3.26. The summed E-state index contributed by atoms with van der Waals surface area (Å²) in [5, 5.41) is 0. The standard InChI is InChI=1S/C22H26N2O3S/c1-28(26,27)23-17-10-7-13-24(15-17)22(25)21-14-20(21)19-12-6-5-11-18(19)16-8-3-2-4-9-16/h2-6,8-9,11-12,17,20-21,23H,7,10,13-15H2,1H3/t17-,20+,21-/m1/s1. The second-order valence-corrected chi connectivity index (χ2v) is 9.70. The van der Waals surface area contributed by atoms with E-state index >= 15 is 0 Å². The number of benzene rings is 2. The van der Waals surface area contributed by atoms with Crippen molar-refractivity contribution < 1.29 is 13.2 Å². The van der Waals surface area contributed by atoms with E-state index in [2.05, 4.69) is 29.0 Å². The van der Waals surface area contributed by atoms with E-state index in [1.165, 1.54) is 22.9 Å². The second-order valence-electron chi connectivity index (χ2n) is 7.92. The first kappa shape index (κ1) is 19.2. The van der Waals surface area contributed by atoms with Crippen molar-refractivity contribution in [2.75, 3.05) is 19.3 Å². The van der Waals surface area contributed by atoms with Crippen molar-refractivity contribution >= 4 is 15.9 Å². The molecule has 1 aliphatic carbocycles. The number of hydrogen-bond donors (Lipinski definition) is 1.